The lowest BCUT2D eigenvalue weighted by Crippen LogP contribution is -2.51. The lowest BCUT2D eigenvalue weighted by atomic mass is 10.1. The zero-order valence-electron chi connectivity index (χ0n) is 17.7. The van der Waals surface area contributed by atoms with Crippen LogP contribution in [-0.4, -0.2) is 72.9 Å². The van der Waals surface area contributed by atoms with Crippen molar-refractivity contribution in [3.05, 3.63) is 59.9 Å². The quantitative estimate of drug-likeness (QED) is 0.589. The molecule has 0 radical (unpaired) electrons. The number of carbonyl (C=O) groups is 1. The van der Waals surface area contributed by atoms with Crippen molar-refractivity contribution in [1.29, 1.82) is 0 Å². The Morgan fingerprint density at radius 2 is 1.77 bits per heavy atom. The van der Waals surface area contributed by atoms with E-state index in [9.17, 15) is 4.79 Å². The SMILES string of the molecule is CCOCC(C=Cc1ccccc1)N1CCN(c2ncc(C(=O)OCC)cn2)CC1. The van der Waals surface area contributed by atoms with Gasteiger partial charge in [-0.1, -0.05) is 42.5 Å². The third-order valence-corrected chi connectivity index (χ3v) is 5.02. The Hall–Kier alpha value is -2.77. The number of hydrogen-bond acceptors (Lipinski definition) is 7. The molecule has 0 N–H and O–H groups in total. The second-order valence-electron chi connectivity index (χ2n) is 7.01. The van der Waals surface area contributed by atoms with Crippen molar-refractivity contribution in [2.24, 2.45) is 0 Å². The normalized spacial score (nSPS) is 16.0. The van der Waals surface area contributed by atoms with Gasteiger partial charge in [0.15, 0.2) is 0 Å². The summed E-state index contributed by atoms with van der Waals surface area (Å²) in [6, 6.07) is 10.5. The van der Waals surface area contributed by atoms with Gasteiger partial charge in [0, 0.05) is 45.2 Å². The van der Waals surface area contributed by atoms with Crippen LogP contribution in [0.3, 0.4) is 0 Å². The summed E-state index contributed by atoms with van der Waals surface area (Å²) in [6.45, 7) is 8.93. The van der Waals surface area contributed by atoms with Gasteiger partial charge in [-0.2, -0.15) is 0 Å². The first-order chi connectivity index (χ1) is 14.7. The number of carbonyl (C=O) groups excluding carboxylic acids is 1. The van der Waals surface area contributed by atoms with Gasteiger partial charge in [0.2, 0.25) is 5.95 Å². The number of piperazine rings is 1. The van der Waals surface area contributed by atoms with Gasteiger partial charge >= 0.3 is 5.97 Å². The van der Waals surface area contributed by atoms with Crippen LogP contribution in [-0.2, 0) is 9.47 Å². The van der Waals surface area contributed by atoms with Crippen molar-refractivity contribution in [2.75, 3.05) is 50.9 Å². The second kappa shape index (κ2) is 11.4. The second-order valence-corrected chi connectivity index (χ2v) is 7.01. The number of ether oxygens (including phenoxy) is 2. The van der Waals surface area contributed by atoms with Crippen LogP contribution in [0.2, 0.25) is 0 Å². The van der Waals surface area contributed by atoms with Crippen LogP contribution in [0, 0.1) is 0 Å². The molecule has 7 heteroatoms. The maximum absolute atomic E-state index is 11.8. The van der Waals surface area contributed by atoms with Gasteiger partial charge in [0.1, 0.15) is 0 Å². The molecule has 0 bridgehead atoms. The van der Waals surface area contributed by atoms with Crippen LogP contribution in [0.25, 0.3) is 6.08 Å². The van der Waals surface area contributed by atoms with Crippen molar-refractivity contribution in [3.8, 4) is 0 Å². The molecule has 1 aliphatic heterocycles. The zero-order valence-corrected chi connectivity index (χ0v) is 17.7. The highest BCUT2D eigenvalue weighted by Gasteiger charge is 2.24. The summed E-state index contributed by atoms with van der Waals surface area (Å²) >= 11 is 0. The molecule has 0 amide bonds. The van der Waals surface area contributed by atoms with Gasteiger partial charge < -0.3 is 14.4 Å². The van der Waals surface area contributed by atoms with Crippen LogP contribution < -0.4 is 4.90 Å². The lowest BCUT2D eigenvalue weighted by molar-refractivity contribution is 0.0525. The fourth-order valence-corrected chi connectivity index (χ4v) is 3.37. The predicted molar refractivity (Wildman–Crippen MR) is 118 cm³/mol. The summed E-state index contributed by atoms with van der Waals surface area (Å²) in [4.78, 5) is 25.0. The topological polar surface area (TPSA) is 67.8 Å². The minimum atomic E-state index is -0.391. The van der Waals surface area contributed by atoms with Crippen molar-refractivity contribution in [1.82, 2.24) is 14.9 Å². The molecule has 3 rings (SSSR count). The number of nitrogens with zero attached hydrogens (tertiary/aromatic N) is 4. The maximum atomic E-state index is 11.8. The fraction of sp³-hybridized carbons (Fsp3) is 0.435. The average Bonchev–Trinajstić information content (AvgIpc) is 2.80. The molecule has 1 aromatic heterocycles. The van der Waals surface area contributed by atoms with E-state index in [2.05, 4.69) is 44.1 Å². The molecule has 2 heterocycles. The molecule has 1 unspecified atom stereocenters. The van der Waals surface area contributed by atoms with E-state index in [1.54, 1.807) is 6.92 Å². The number of aromatic nitrogens is 2. The molecule has 1 aliphatic rings. The van der Waals surface area contributed by atoms with E-state index in [0.29, 0.717) is 31.3 Å². The highest BCUT2D eigenvalue weighted by molar-refractivity contribution is 5.88. The molecule has 0 spiro atoms. The van der Waals surface area contributed by atoms with E-state index in [0.717, 1.165) is 26.2 Å². The number of benzene rings is 1. The molecule has 160 valence electrons. The van der Waals surface area contributed by atoms with E-state index in [-0.39, 0.29) is 6.04 Å². The minimum Gasteiger partial charge on any atom is -0.462 e. The molecular formula is C23H30N4O3. The Morgan fingerprint density at radius 3 is 2.40 bits per heavy atom. The van der Waals surface area contributed by atoms with Crippen LogP contribution in [0.1, 0.15) is 29.8 Å². The predicted octanol–water partition coefficient (Wildman–Crippen LogP) is 2.89. The number of anilines is 1. The van der Waals surface area contributed by atoms with Gasteiger partial charge in [-0.05, 0) is 19.4 Å². The summed E-state index contributed by atoms with van der Waals surface area (Å²) in [5.74, 6) is 0.252. The number of hydrogen-bond donors (Lipinski definition) is 0. The summed E-state index contributed by atoms with van der Waals surface area (Å²) in [7, 11) is 0. The van der Waals surface area contributed by atoms with E-state index < -0.39 is 5.97 Å². The molecule has 7 nitrogen and oxygen atoms in total. The van der Waals surface area contributed by atoms with Crippen LogP contribution >= 0.6 is 0 Å². The highest BCUT2D eigenvalue weighted by atomic mass is 16.5. The molecular weight excluding hydrogens is 380 g/mol. The summed E-state index contributed by atoms with van der Waals surface area (Å²) < 4.78 is 10.7. The first-order valence-corrected chi connectivity index (χ1v) is 10.5. The van der Waals surface area contributed by atoms with Crippen molar-refractivity contribution in [3.63, 3.8) is 0 Å². The Kier molecular flexibility index (Phi) is 8.35. The van der Waals surface area contributed by atoms with Crippen molar-refractivity contribution >= 4 is 18.0 Å². The molecule has 0 aliphatic carbocycles. The summed E-state index contributed by atoms with van der Waals surface area (Å²) in [5.41, 5.74) is 1.56. The van der Waals surface area contributed by atoms with Crippen molar-refractivity contribution in [2.45, 2.75) is 19.9 Å². The molecule has 1 atom stereocenters. The highest BCUT2D eigenvalue weighted by Crippen LogP contribution is 2.15. The first-order valence-electron chi connectivity index (χ1n) is 10.5. The third-order valence-electron chi connectivity index (χ3n) is 5.02. The van der Waals surface area contributed by atoms with E-state index in [1.807, 2.05) is 25.1 Å². The van der Waals surface area contributed by atoms with Gasteiger partial charge in [-0.25, -0.2) is 14.8 Å². The number of rotatable bonds is 9. The minimum absolute atomic E-state index is 0.222. The molecule has 30 heavy (non-hydrogen) atoms. The Balaban J connectivity index is 1.59. The molecule has 0 saturated carbocycles. The third kappa shape index (κ3) is 6.11. The van der Waals surface area contributed by atoms with Gasteiger partial charge in [-0.15, -0.1) is 0 Å². The maximum Gasteiger partial charge on any atom is 0.341 e. The Morgan fingerprint density at radius 1 is 1.07 bits per heavy atom. The molecule has 1 aromatic carbocycles. The molecule has 2 aromatic rings. The molecule has 1 fully saturated rings. The van der Waals surface area contributed by atoms with Crippen LogP contribution in [0.15, 0.2) is 48.8 Å². The van der Waals surface area contributed by atoms with Crippen LogP contribution in [0.5, 0.6) is 0 Å². The monoisotopic (exact) mass is 410 g/mol. The average molecular weight is 411 g/mol. The smallest absolute Gasteiger partial charge is 0.341 e. The standard InChI is InChI=1S/C23H30N4O3/c1-3-29-18-21(11-10-19-8-6-5-7-9-19)26-12-14-27(15-13-26)23-24-16-20(17-25-23)22(28)30-4-2/h5-11,16-17,21H,3-4,12-15,18H2,1-2H3. The Labute approximate surface area is 178 Å². The largest absolute Gasteiger partial charge is 0.462 e. The first kappa shape index (κ1) is 21.9. The molecule has 1 saturated heterocycles. The van der Waals surface area contributed by atoms with Crippen LogP contribution in [0.4, 0.5) is 5.95 Å². The van der Waals surface area contributed by atoms with Crippen molar-refractivity contribution < 1.29 is 14.3 Å². The van der Waals surface area contributed by atoms with E-state index in [4.69, 9.17) is 9.47 Å². The zero-order chi connectivity index (χ0) is 21.2. The lowest BCUT2D eigenvalue weighted by Gasteiger charge is -2.38. The van der Waals surface area contributed by atoms with Gasteiger partial charge in [0.25, 0.3) is 0 Å². The van der Waals surface area contributed by atoms with Gasteiger partial charge in [0.05, 0.1) is 24.8 Å². The summed E-state index contributed by atoms with van der Waals surface area (Å²) in [6.07, 6.45) is 7.46. The fourth-order valence-electron chi connectivity index (χ4n) is 3.37. The van der Waals surface area contributed by atoms with E-state index in [1.165, 1.54) is 18.0 Å². The van der Waals surface area contributed by atoms with Gasteiger partial charge in [-0.3, -0.25) is 4.90 Å². The van der Waals surface area contributed by atoms with E-state index >= 15 is 0 Å². The Bertz CT molecular complexity index is 803. The number of esters is 1. The summed E-state index contributed by atoms with van der Waals surface area (Å²) in [5, 5.41) is 0.